The maximum atomic E-state index is 13.2. The number of ether oxygens (including phenoxy) is 1. The van der Waals surface area contributed by atoms with Gasteiger partial charge in [0.2, 0.25) is 0 Å². The third-order valence-corrected chi connectivity index (χ3v) is 6.88. The van der Waals surface area contributed by atoms with E-state index in [0.29, 0.717) is 12.0 Å². The molecular formula is C24H29FO5S3. The summed E-state index contributed by atoms with van der Waals surface area (Å²) in [6.45, 7) is 1.54. The average molecular weight is 513 g/mol. The molecule has 0 bridgehead atoms. The summed E-state index contributed by atoms with van der Waals surface area (Å²) in [5.74, 6) is -0.263. The summed E-state index contributed by atoms with van der Waals surface area (Å²) >= 11 is 1.63. The number of aryl methyl sites for hydroxylation is 1. The van der Waals surface area contributed by atoms with Crippen molar-refractivity contribution in [3.05, 3.63) is 82.0 Å². The minimum Gasteiger partial charge on any atom is -0.394 e. The van der Waals surface area contributed by atoms with Crippen LogP contribution in [0.1, 0.15) is 27.7 Å². The number of rotatable bonds is 5. The zero-order chi connectivity index (χ0) is 22.1. The van der Waals surface area contributed by atoms with Crippen molar-refractivity contribution in [2.45, 2.75) is 43.9 Å². The van der Waals surface area contributed by atoms with Crippen LogP contribution in [0.4, 0.5) is 4.39 Å². The molecule has 9 heteroatoms. The van der Waals surface area contributed by atoms with E-state index in [1.54, 1.807) is 23.5 Å². The van der Waals surface area contributed by atoms with Gasteiger partial charge in [-0.25, -0.2) is 4.39 Å². The third-order valence-electron chi connectivity index (χ3n) is 5.75. The number of hydrogen-bond acceptors (Lipinski definition) is 6. The Bertz CT molecular complexity index is 1040. The van der Waals surface area contributed by atoms with Gasteiger partial charge in [0.25, 0.3) is 0 Å². The van der Waals surface area contributed by atoms with Gasteiger partial charge in [-0.3, -0.25) is 0 Å². The summed E-state index contributed by atoms with van der Waals surface area (Å²) in [5.41, 5.74) is 3.75. The fourth-order valence-electron chi connectivity index (χ4n) is 3.87. The van der Waals surface area contributed by atoms with Crippen LogP contribution in [0.3, 0.4) is 0 Å². The van der Waals surface area contributed by atoms with E-state index in [4.69, 9.17) is 4.74 Å². The van der Waals surface area contributed by atoms with Gasteiger partial charge >= 0.3 is 0 Å². The van der Waals surface area contributed by atoms with Crippen molar-refractivity contribution >= 4 is 38.3 Å². The van der Waals surface area contributed by atoms with E-state index < -0.39 is 37.1 Å². The number of benzene rings is 2. The Balaban J connectivity index is 0.00000193. The van der Waals surface area contributed by atoms with Gasteiger partial charge in [0.1, 0.15) is 36.3 Å². The van der Waals surface area contributed by atoms with Crippen LogP contribution in [0.5, 0.6) is 0 Å². The van der Waals surface area contributed by atoms with Crippen LogP contribution in [0, 0.1) is 12.7 Å². The van der Waals surface area contributed by atoms with Gasteiger partial charge in [0.15, 0.2) is 0 Å². The first-order chi connectivity index (χ1) is 14.9. The molecule has 180 valence electrons. The van der Waals surface area contributed by atoms with Crippen molar-refractivity contribution in [1.29, 1.82) is 0 Å². The largest absolute Gasteiger partial charge is 0.394 e. The van der Waals surface area contributed by atoms with Gasteiger partial charge in [0.05, 0.1) is 6.61 Å². The fourth-order valence-corrected chi connectivity index (χ4v) is 4.90. The monoisotopic (exact) mass is 512 g/mol. The van der Waals surface area contributed by atoms with Gasteiger partial charge in [-0.1, -0.05) is 30.3 Å². The minimum absolute atomic E-state index is 0. The normalized spacial score (nSPS) is 24.6. The molecule has 2 heterocycles. The van der Waals surface area contributed by atoms with Crippen LogP contribution in [-0.2, 0) is 11.2 Å². The van der Waals surface area contributed by atoms with E-state index in [2.05, 4.69) is 0 Å². The van der Waals surface area contributed by atoms with Crippen molar-refractivity contribution in [2.24, 2.45) is 0 Å². The Morgan fingerprint density at radius 2 is 1.61 bits per heavy atom. The molecule has 1 aromatic heterocycles. The molecule has 5 nitrogen and oxygen atoms in total. The molecule has 0 spiro atoms. The molecule has 0 saturated carbocycles. The first-order valence-electron chi connectivity index (χ1n) is 10.1. The van der Waals surface area contributed by atoms with Crippen LogP contribution < -0.4 is 0 Å². The fraction of sp³-hybridized carbons (Fsp3) is 0.333. The lowest BCUT2D eigenvalue weighted by Gasteiger charge is -2.40. The molecule has 2 aromatic carbocycles. The molecule has 1 saturated heterocycles. The van der Waals surface area contributed by atoms with Crippen molar-refractivity contribution in [1.82, 2.24) is 0 Å². The van der Waals surface area contributed by atoms with Crippen LogP contribution in [0.25, 0.3) is 10.4 Å². The zero-order valence-electron chi connectivity index (χ0n) is 18.0. The molecule has 0 aliphatic carbocycles. The highest BCUT2D eigenvalue weighted by atomic mass is 32.1. The Morgan fingerprint density at radius 3 is 2.27 bits per heavy atom. The maximum Gasteiger partial charge on any atom is 0.123 e. The molecule has 5 atom stereocenters. The summed E-state index contributed by atoms with van der Waals surface area (Å²) in [6.07, 6.45) is -5.21. The lowest BCUT2D eigenvalue weighted by atomic mass is 9.89. The summed E-state index contributed by atoms with van der Waals surface area (Å²) in [7, 11) is 0. The minimum atomic E-state index is -1.41. The van der Waals surface area contributed by atoms with Gasteiger partial charge in [-0.05, 0) is 53.4 Å². The van der Waals surface area contributed by atoms with E-state index in [0.717, 1.165) is 26.4 Å². The summed E-state index contributed by atoms with van der Waals surface area (Å²) in [4.78, 5) is 2.19. The predicted octanol–water partition coefficient (Wildman–Crippen LogP) is 3.19. The second-order valence-corrected chi connectivity index (χ2v) is 9.05. The molecule has 0 radical (unpaired) electrons. The molecular weight excluding hydrogens is 483 g/mol. The number of thiophene rings is 1. The van der Waals surface area contributed by atoms with E-state index in [9.17, 15) is 24.8 Å². The van der Waals surface area contributed by atoms with Gasteiger partial charge < -0.3 is 25.2 Å². The summed E-state index contributed by atoms with van der Waals surface area (Å²) in [5, 5.41) is 40.0. The van der Waals surface area contributed by atoms with E-state index in [1.165, 1.54) is 12.1 Å². The highest BCUT2D eigenvalue weighted by Gasteiger charge is 2.43. The zero-order valence-corrected chi connectivity index (χ0v) is 20.8. The maximum absolute atomic E-state index is 13.2. The lowest BCUT2D eigenvalue weighted by Crippen LogP contribution is -2.55. The molecule has 0 unspecified atom stereocenters. The second-order valence-electron chi connectivity index (χ2n) is 7.89. The predicted molar refractivity (Wildman–Crippen MR) is 137 cm³/mol. The number of hydrogen-bond donors (Lipinski definition) is 4. The molecule has 33 heavy (non-hydrogen) atoms. The van der Waals surface area contributed by atoms with E-state index >= 15 is 0 Å². The number of aliphatic hydroxyl groups excluding tert-OH is 4. The van der Waals surface area contributed by atoms with Crippen molar-refractivity contribution < 1.29 is 29.6 Å². The first kappa shape index (κ1) is 27.8. The van der Waals surface area contributed by atoms with Crippen molar-refractivity contribution in [3.8, 4) is 10.4 Å². The standard InChI is InChI=1S/C24H25FO5S.2H2S/c1-13-2-3-15(24-23(29)22(28)21(27)19(12-26)30-24)10-16(13)11-18-8-9-20(31-18)14-4-6-17(25)7-5-14;;/h2-10,19,21-24,26-29H,11-12H2,1H3;2*1H2/t19-,21-,22+,23-,24+;;/m1../s1. The topological polar surface area (TPSA) is 90.2 Å². The van der Waals surface area contributed by atoms with Crippen molar-refractivity contribution in [3.63, 3.8) is 0 Å². The number of halogens is 1. The van der Waals surface area contributed by atoms with Crippen LogP contribution in [0.2, 0.25) is 0 Å². The Hall–Kier alpha value is -1.43. The van der Waals surface area contributed by atoms with E-state index in [1.807, 2.05) is 37.3 Å². The smallest absolute Gasteiger partial charge is 0.123 e. The first-order valence-corrected chi connectivity index (χ1v) is 10.9. The lowest BCUT2D eigenvalue weighted by molar-refractivity contribution is -0.231. The van der Waals surface area contributed by atoms with Gasteiger partial charge in [-0.2, -0.15) is 27.0 Å². The Morgan fingerprint density at radius 1 is 0.909 bits per heavy atom. The van der Waals surface area contributed by atoms with Gasteiger partial charge in [-0.15, -0.1) is 11.3 Å². The molecule has 1 fully saturated rings. The van der Waals surface area contributed by atoms with Crippen LogP contribution in [-0.4, -0.2) is 51.4 Å². The average Bonchev–Trinajstić information content (AvgIpc) is 3.23. The summed E-state index contributed by atoms with van der Waals surface area (Å²) in [6, 6.07) is 16.2. The molecule has 3 aromatic rings. The third kappa shape index (κ3) is 5.98. The molecule has 4 N–H and O–H groups in total. The summed E-state index contributed by atoms with van der Waals surface area (Å²) < 4.78 is 18.9. The molecule has 4 rings (SSSR count). The second kappa shape index (κ2) is 11.8. The number of aliphatic hydroxyl groups is 4. The highest BCUT2D eigenvalue weighted by molar-refractivity contribution is 7.59. The molecule has 0 amide bonds. The van der Waals surface area contributed by atoms with E-state index in [-0.39, 0.29) is 32.8 Å². The SMILES string of the molecule is Cc1ccc([C@@H]2O[C@H](CO)[C@@H](O)[C@H](O)[C@H]2O)cc1Cc1ccc(-c2ccc(F)cc2)s1.S.S. The molecule has 1 aliphatic rings. The Labute approximate surface area is 210 Å². The quantitative estimate of drug-likeness (QED) is 0.422. The highest BCUT2D eigenvalue weighted by Crippen LogP contribution is 2.35. The van der Waals surface area contributed by atoms with Crippen molar-refractivity contribution in [2.75, 3.05) is 6.61 Å². The van der Waals surface area contributed by atoms with Gasteiger partial charge in [0, 0.05) is 16.2 Å². The molecule has 1 aliphatic heterocycles. The van der Waals surface area contributed by atoms with Crippen LogP contribution >= 0.6 is 38.3 Å². The van der Waals surface area contributed by atoms with Crippen LogP contribution in [0.15, 0.2) is 54.6 Å². The Kier molecular flexibility index (Phi) is 9.96.